The molecule has 5 nitrogen and oxygen atoms in total. The first kappa shape index (κ1) is 11.4. The van der Waals surface area contributed by atoms with Crippen LogP contribution < -0.4 is 10.6 Å². The van der Waals surface area contributed by atoms with E-state index in [0.717, 1.165) is 0 Å². The summed E-state index contributed by atoms with van der Waals surface area (Å²) >= 11 is 0. The third kappa shape index (κ3) is 2.90. The maximum absolute atomic E-state index is 11.4. The number of rotatable bonds is 2. The van der Waals surface area contributed by atoms with Crippen molar-refractivity contribution in [2.24, 2.45) is 0 Å². The second kappa shape index (κ2) is 4.72. The molecule has 3 amide bonds. The van der Waals surface area contributed by atoms with Crippen molar-refractivity contribution in [2.45, 2.75) is 32.7 Å². The van der Waals surface area contributed by atoms with Gasteiger partial charge < -0.3 is 5.32 Å². The van der Waals surface area contributed by atoms with Gasteiger partial charge in [0.05, 0.1) is 0 Å². The van der Waals surface area contributed by atoms with Gasteiger partial charge in [0, 0.05) is 12.0 Å². The summed E-state index contributed by atoms with van der Waals surface area (Å²) in [6, 6.07) is -0.593. The zero-order chi connectivity index (χ0) is 11.4. The van der Waals surface area contributed by atoms with Crippen LogP contribution in [0.4, 0.5) is 0 Å². The van der Waals surface area contributed by atoms with Crippen LogP contribution in [0.3, 0.4) is 0 Å². The predicted octanol–water partition coefficient (Wildman–Crippen LogP) is -0.126. The molecule has 0 radical (unpaired) electrons. The van der Waals surface area contributed by atoms with Gasteiger partial charge in [-0.1, -0.05) is 6.08 Å². The minimum Gasteiger partial charge on any atom is -0.341 e. The van der Waals surface area contributed by atoms with Crippen LogP contribution in [-0.2, 0) is 14.4 Å². The number of hydrogen-bond acceptors (Lipinski definition) is 3. The van der Waals surface area contributed by atoms with Crippen LogP contribution in [0.25, 0.3) is 0 Å². The second-order valence-corrected chi connectivity index (χ2v) is 3.45. The van der Waals surface area contributed by atoms with Crippen molar-refractivity contribution in [3.8, 4) is 0 Å². The standard InChI is InChI=1S/C10H14N2O3/c1-3-6(2)9(14)11-7-4-5-8(13)12-10(7)15/h3,7H,4-5H2,1-2H3,(H,11,14)(H,12,13,15)/b6-3+. The number of amides is 3. The SMILES string of the molecule is C/C=C(\C)C(=O)NC1CCC(=O)NC1=O. The number of carbonyl (C=O) groups is 3. The van der Waals surface area contributed by atoms with Gasteiger partial charge in [-0.2, -0.15) is 0 Å². The van der Waals surface area contributed by atoms with Gasteiger partial charge in [-0.15, -0.1) is 0 Å². The molecule has 1 aliphatic heterocycles. The van der Waals surface area contributed by atoms with Crippen LogP contribution in [-0.4, -0.2) is 23.8 Å². The summed E-state index contributed by atoms with van der Waals surface area (Å²) in [6.45, 7) is 3.42. The monoisotopic (exact) mass is 210 g/mol. The molecule has 0 aromatic rings. The lowest BCUT2D eigenvalue weighted by molar-refractivity contribution is -0.136. The first-order valence-corrected chi connectivity index (χ1v) is 4.82. The van der Waals surface area contributed by atoms with E-state index in [0.29, 0.717) is 12.0 Å². The Morgan fingerprint density at radius 2 is 2.20 bits per heavy atom. The van der Waals surface area contributed by atoms with E-state index in [-0.39, 0.29) is 18.2 Å². The Morgan fingerprint density at radius 3 is 2.73 bits per heavy atom. The minimum atomic E-state index is -0.593. The first-order chi connectivity index (χ1) is 7.04. The topological polar surface area (TPSA) is 75.3 Å². The smallest absolute Gasteiger partial charge is 0.249 e. The third-order valence-corrected chi connectivity index (χ3v) is 2.34. The highest BCUT2D eigenvalue weighted by atomic mass is 16.2. The summed E-state index contributed by atoms with van der Waals surface area (Å²) < 4.78 is 0. The molecule has 1 aliphatic rings. The van der Waals surface area contributed by atoms with Gasteiger partial charge >= 0.3 is 0 Å². The van der Waals surface area contributed by atoms with E-state index < -0.39 is 11.9 Å². The third-order valence-electron chi connectivity index (χ3n) is 2.34. The summed E-state index contributed by atoms with van der Waals surface area (Å²) in [7, 11) is 0. The van der Waals surface area contributed by atoms with Gasteiger partial charge in [0.1, 0.15) is 6.04 Å². The number of hydrogen-bond donors (Lipinski definition) is 2. The molecule has 0 aromatic carbocycles. The quantitative estimate of drug-likeness (QED) is 0.492. The van der Waals surface area contributed by atoms with E-state index in [1.807, 2.05) is 0 Å². The zero-order valence-electron chi connectivity index (χ0n) is 8.79. The largest absolute Gasteiger partial charge is 0.341 e. The highest BCUT2D eigenvalue weighted by molar-refractivity contribution is 6.03. The molecule has 1 rings (SSSR count). The van der Waals surface area contributed by atoms with Crippen molar-refractivity contribution in [1.82, 2.24) is 10.6 Å². The lowest BCUT2D eigenvalue weighted by Crippen LogP contribution is -2.52. The first-order valence-electron chi connectivity index (χ1n) is 4.82. The summed E-state index contributed by atoms with van der Waals surface area (Å²) in [5.74, 6) is -0.983. The fraction of sp³-hybridized carbons (Fsp3) is 0.500. The fourth-order valence-electron chi connectivity index (χ4n) is 1.23. The van der Waals surface area contributed by atoms with Crippen LogP contribution in [0.15, 0.2) is 11.6 Å². The van der Waals surface area contributed by atoms with Gasteiger partial charge in [0.25, 0.3) is 0 Å². The predicted molar refractivity (Wildman–Crippen MR) is 53.7 cm³/mol. The van der Waals surface area contributed by atoms with Crippen molar-refractivity contribution in [3.05, 3.63) is 11.6 Å². The van der Waals surface area contributed by atoms with Gasteiger partial charge in [-0.05, 0) is 20.3 Å². The maximum Gasteiger partial charge on any atom is 0.249 e. The summed E-state index contributed by atoms with van der Waals surface area (Å²) in [4.78, 5) is 33.5. The average Bonchev–Trinajstić information content (AvgIpc) is 2.20. The molecule has 1 fully saturated rings. The van der Waals surface area contributed by atoms with Crippen LogP contribution >= 0.6 is 0 Å². The molecule has 1 saturated heterocycles. The normalized spacial score (nSPS) is 22.3. The Hall–Kier alpha value is -1.65. The number of nitrogens with one attached hydrogen (secondary N) is 2. The van der Waals surface area contributed by atoms with Crippen LogP contribution in [0, 0.1) is 0 Å². The minimum absolute atomic E-state index is 0.269. The number of piperidine rings is 1. The van der Waals surface area contributed by atoms with Crippen molar-refractivity contribution in [2.75, 3.05) is 0 Å². The Balaban J connectivity index is 2.56. The number of carbonyl (C=O) groups excluding carboxylic acids is 3. The van der Waals surface area contributed by atoms with E-state index in [2.05, 4.69) is 10.6 Å². The van der Waals surface area contributed by atoms with Crippen LogP contribution in [0.1, 0.15) is 26.7 Å². The molecule has 82 valence electrons. The zero-order valence-corrected chi connectivity index (χ0v) is 8.79. The van der Waals surface area contributed by atoms with Gasteiger partial charge in [-0.3, -0.25) is 19.7 Å². The van der Waals surface area contributed by atoms with E-state index in [1.165, 1.54) is 0 Å². The van der Waals surface area contributed by atoms with E-state index in [1.54, 1.807) is 19.9 Å². The molecular weight excluding hydrogens is 196 g/mol. The highest BCUT2D eigenvalue weighted by Crippen LogP contribution is 2.05. The van der Waals surface area contributed by atoms with E-state index >= 15 is 0 Å². The maximum atomic E-state index is 11.4. The number of allylic oxidation sites excluding steroid dienone is 1. The molecular formula is C10H14N2O3. The molecule has 0 bridgehead atoms. The molecule has 5 heteroatoms. The van der Waals surface area contributed by atoms with Gasteiger partial charge in [0.2, 0.25) is 17.7 Å². The summed E-state index contributed by atoms with van der Waals surface area (Å²) in [5, 5.41) is 4.75. The Labute approximate surface area is 87.9 Å². The Bertz CT molecular complexity index is 334. The second-order valence-electron chi connectivity index (χ2n) is 3.45. The molecule has 0 aliphatic carbocycles. The average molecular weight is 210 g/mol. The van der Waals surface area contributed by atoms with Crippen LogP contribution in [0.2, 0.25) is 0 Å². The molecule has 1 heterocycles. The van der Waals surface area contributed by atoms with Crippen LogP contribution in [0.5, 0.6) is 0 Å². The fourth-order valence-corrected chi connectivity index (χ4v) is 1.23. The van der Waals surface area contributed by atoms with Crippen molar-refractivity contribution >= 4 is 17.7 Å². The van der Waals surface area contributed by atoms with Crippen molar-refractivity contribution in [3.63, 3.8) is 0 Å². The Kier molecular flexibility index (Phi) is 3.60. The molecule has 1 atom stereocenters. The Morgan fingerprint density at radius 1 is 1.53 bits per heavy atom. The molecule has 1 unspecified atom stereocenters. The molecule has 0 saturated carbocycles. The van der Waals surface area contributed by atoms with Gasteiger partial charge in [0.15, 0.2) is 0 Å². The molecule has 15 heavy (non-hydrogen) atoms. The van der Waals surface area contributed by atoms with Crippen molar-refractivity contribution in [1.29, 1.82) is 0 Å². The van der Waals surface area contributed by atoms with E-state index in [9.17, 15) is 14.4 Å². The summed E-state index contributed by atoms with van der Waals surface area (Å²) in [6.07, 6.45) is 2.31. The number of imide groups is 1. The van der Waals surface area contributed by atoms with Crippen molar-refractivity contribution < 1.29 is 14.4 Å². The molecule has 0 spiro atoms. The highest BCUT2D eigenvalue weighted by Gasteiger charge is 2.27. The summed E-state index contributed by atoms with van der Waals surface area (Å²) in [5.41, 5.74) is 0.555. The van der Waals surface area contributed by atoms with E-state index in [4.69, 9.17) is 0 Å². The lowest BCUT2D eigenvalue weighted by Gasteiger charge is -2.21. The lowest BCUT2D eigenvalue weighted by atomic mass is 10.1. The molecule has 0 aromatic heterocycles. The molecule has 2 N–H and O–H groups in total. The van der Waals surface area contributed by atoms with Gasteiger partial charge in [-0.25, -0.2) is 0 Å².